The second-order valence-electron chi connectivity index (χ2n) is 6.39. The topological polar surface area (TPSA) is 51.0 Å². The van der Waals surface area contributed by atoms with Crippen molar-refractivity contribution in [1.82, 2.24) is 19.4 Å². The maximum absolute atomic E-state index is 13.3. The van der Waals surface area contributed by atoms with Crippen molar-refractivity contribution in [2.75, 3.05) is 13.1 Å². The van der Waals surface area contributed by atoms with Gasteiger partial charge in [-0.1, -0.05) is 18.2 Å². The Morgan fingerprint density at radius 1 is 1.23 bits per heavy atom. The Labute approximate surface area is 150 Å². The average molecular weight is 350 g/mol. The minimum Gasteiger partial charge on any atom is -0.339 e. The number of aryl methyl sites for hydroxylation is 1. The third-order valence-electron chi connectivity index (χ3n) is 4.73. The van der Waals surface area contributed by atoms with E-state index in [9.17, 15) is 9.18 Å². The summed E-state index contributed by atoms with van der Waals surface area (Å²) < 4.78 is 15.3. The van der Waals surface area contributed by atoms with Crippen molar-refractivity contribution < 1.29 is 9.18 Å². The molecule has 1 aliphatic rings. The zero-order chi connectivity index (χ0) is 17.9. The van der Waals surface area contributed by atoms with Gasteiger partial charge >= 0.3 is 0 Å². The maximum atomic E-state index is 13.3. The predicted octanol–water partition coefficient (Wildman–Crippen LogP) is 3.28. The summed E-state index contributed by atoms with van der Waals surface area (Å²) in [5.41, 5.74) is 3.82. The first-order chi connectivity index (χ1) is 12.7. The summed E-state index contributed by atoms with van der Waals surface area (Å²) in [7, 11) is 0. The molecule has 1 aromatic carbocycles. The maximum Gasteiger partial charge on any atom is 0.224 e. The van der Waals surface area contributed by atoms with Crippen LogP contribution in [0.5, 0.6) is 0 Å². The van der Waals surface area contributed by atoms with Crippen LogP contribution in [0.15, 0.2) is 55.1 Å². The Morgan fingerprint density at radius 2 is 2.12 bits per heavy atom. The molecule has 0 N–H and O–H groups in total. The van der Waals surface area contributed by atoms with Crippen molar-refractivity contribution in [2.45, 2.75) is 19.4 Å². The number of carbonyl (C=O) groups is 1. The van der Waals surface area contributed by atoms with E-state index in [1.807, 2.05) is 39.8 Å². The van der Waals surface area contributed by atoms with Crippen LogP contribution in [-0.4, -0.2) is 38.4 Å². The van der Waals surface area contributed by atoms with Crippen LogP contribution in [0.1, 0.15) is 18.4 Å². The van der Waals surface area contributed by atoms with Gasteiger partial charge in [0, 0.05) is 32.3 Å². The van der Waals surface area contributed by atoms with Crippen LogP contribution in [0, 0.1) is 5.82 Å². The van der Waals surface area contributed by atoms with Crippen LogP contribution < -0.4 is 0 Å². The average Bonchev–Trinajstić information content (AvgIpc) is 3.09. The van der Waals surface area contributed by atoms with Gasteiger partial charge in [0.05, 0.1) is 23.6 Å². The van der Waals surface area contributed by atoms with Crippen molar-refractivity contribution in [1.29, 1.82) is 0 Å². The number of rotatable bonds is 4. The molecule has 26 heavy (non-hydrogen) atoms. The number of imidazole rings is 1. The number of aromatic nitrogens is 3. The predicted molar refractivity (Wildman–Crippen MR) is 97.7 cm³/mol. The van der Waals surface area contributed by atoms with E-state index in [-0.39, 0.29) is 11.7 Å². The molecule has 0 atom stereocenters. The van der Waals surface area contributed by atoms with E-state index in [0.29, 0.717) is 32.5 Å². The lowest BCUT2D eigenvalue weighted by molar-refractivity contribution is -0.131. The SMILES string of the molecule is O=C(CCn1cnc2ccccc21)N1CC=C(c2cncc(F)c2)CC1. The fourth-order valence-corrected chi connectivity index (χ4v) is 3.31. The van der Waals surface area contributed by atoms with E-state index >= 15 is 0 Å². The van der Waals surface area contributed by atoms with Gasteiger partial charge in [-0.3, -0.25) is 9.78 Å². The van der Waals surface area contributed by atoms with Crippen molar-refractivity contribution in [3.63, 3.8) is 0 Å². The molecule has 0 spiro atoms. The molecule has 0 radical (unpaired) electrons. The molecule has 0 bridgehead atoms. The second kappa shape index (κ2) is 7.07. The first kappa shape index (κ1) is 16.4. The minimum absolute atomic E-state index is 0.121. The molecule has 3 aromatic rings. The molecule has 6 heteroatoms. The zero-order valence-corrected chi connectivity index (χ0v) is 14.3. The highest BCUT2D eigenvalue weighted by atomic mass is 19.1. The Kier molecular flexibility index (Phi) is 4.48. The molecular weight excluding hydrogens is 331 g/mol. The van der Waals surface area contributed by atoms with Gasteiger partial charge in [-0.2, -0.15) is 0 Å². The number of nitrogens with zero attached hydrogens (tertiary/aromatic N) is 4. The lowest BCUT2D eigenvalue weighted by Crippen LogP contribution is -2.35. The number of hydrogen-bond acceptors (Lipinski definition) is 3. The van der Waals surface area contributed by atoms with Crippen LogP contribution >= 0.6 is 0 Å². The van der Waals surface area contributed by atoms with Crippen molar-refractivity contribution >= 4 is 22.5 Å². The van der Waals surface area contributed by atoms with Crippen LogP contribution in [0.25, 0.3) is 16.6 Å². The quantitative estimate of drug-likeness (QED) is 0.726. The summed E-state index contributed by atoms with van der Waals surface area (Å²) in [6.07, 6.45) is 7.78. The third kappa shape index (κ3) is 3.35. The van der Waals surface area contributed by atoms with E-state index < -0.39 is 0 Å². The van der Waals surface area contributed by atoms with Crippen molar-refractivity contribution in [3.05, 3.63) is 66.5 Å². The number of pyridine rings is 1. The zero-order valence-electron chi connectivity index (χ0n) is 14.3. The third-order valence-corrected chi connectivity index (χ3v) is 4.73. The lowest BCUT2D eigenvalue weighted by atomic mass is 10.0. The molecule has 0 aliphatic carbocycles. The monoisotopic (exact) mass is 350 g/mol. The van der Waals surface area contributed by atoms with Crippen molar-refractivity contribution in [2.24, 2.45) is 0 Å². The van der Waals surface area contributed by atoms with Crippen LogP contribution in [0.3, 0.4) is 0 Å². The van der Waals surface area contributed by atoms with Gasteiger partial charge in [-0.15, -0.1) is 0 Å². The van der Waals surface area contributed by atoms with E-state index in [2.05, 4.69) is 9.97 Å². The number of amides is 1. The molecule has 2 aromatic heterocycles. The molecular formula is C20H19FN4O. The molecule has 5 nitrogen and oxygen atoms in total. The fraction of sp³-hybridized carbons (Fsp3) is 0.250. The van der Waals surface area contributed by atoms with Crippen molar-refractivity contribution in [3.8, 4) is 0 Å². The molecule has 1 amide bonds. The van der Waals surface area contributed by atoms with Crippen LogP contribution in [0.2, 0.25) is 0 Å². The highest BCUT2D eigenvalue weighted by Crippen LogP contribution is 2.22. The second-order valence-corrected chi connectivity index (χ2v) is 6.39. The van der Waals surface area contributed by atoms with Gasteiger partial charge in [-0.25, -0.2) is 9.37 Å². The molecule has 0 saturated carbocycles. The lowest BCUT2D eigenvalue weighted by Gasteiger charge is -2.26. The van der Waals surface area contributed by atoms with Gasteiger partial charge in [0.1, 0.15) is 5.82 Å². The van der Waals surface area contributed by atoms with E-state index in [4.69, 9.17) is 0 Å². The highest BCUT2D eigenvalue weighted by molar-refractivity contribution is 5.79. The molecule has 4 rings (SSSR count). The molecule has 1 aliphatic heterocycles. The first-order valence-corrected chi connectivity index (χ1v) is 8.68. The summed E-state index contributed by atoms with van der Waals surface area (Å²) in [5, 5.41) is 0. The summed E-state index contributed by atoms with van der Waals surface area (Å²) in [6, 6.07) is 9.39. The van der Waals surface area contributed by atoms with Gasteiger partial charge in [0.25, 0.3) is 0 Å². The van der Waals surface area contributed by atoms with Gasteiger partial charge in [-0.05, 0) is 35.8 Å². The Bertz CT molecular complexity index is 979. The van der Waals surface area contributed by atoms with E-state index in [1.165, 1.54) is 12.3 Å². The molecule has 132 valence electrons. The van der Waals surface area contributed by atoms with Crippen LogP contribution in [0.4, 0.5) is 4.39 Å². The number of carbonyl (C=O) groups excluding carboxylic acids is 1. The first-order valence-electron chi connectivity index (χ1n) is 8.68. The minimum atomic E-state index is -0.338. The number of fused-ring (bicyclic) bond motifs is 1. The molecule has 0 fully saturated rings. The fourth-order valence-electron chi connectivity index (χ4n) is 3.31. The standard InChI is InChI=1S/C20H19FN4O/c21-17-11-16(12-22-13-17)15-5-8-24(9-6-15)20(26)7-10-25-14-23-18-3-1-2-4-19(18)25/h1-5,11-14H,6-10H2. The highest BCUT2D eigenvalue weighted by Gasteiger charge is 2.18. The molecule has 0 unspecified atom stereocenters. The number of para-hydroxylation sites is 2. The van der Waals surface area contributed by atoms with Crippen LogP contribution in [-0.2, 0) is 11.3 Å². The van der Waals surface area contributed by atoms with Gasteiger partial charge < -0.3 is 9.47 Å². The largest absolute Gasteiger partial charge is 0.339 e. The van der Waals surface area contributed by atoms with Gasteiger partial charge in [0.2, 0.25) is 5.91 Å². The Hall–Kier alpha value is -3.02. The normalized spacial score (nSPS) is 14.5. The molecule has 0 saturated heterocycles. The summed E-state index contributed by atoms with van der Waals surface area (Å²) in [5.74, 6) is -0.218. The summed E-state index contributed by atoms with van der Waals surface area (Å²) in [4.78, 5) is 22.6. The van der Waals surface area contributed by atoms with E-state index in [1.54, 1.807) is 12.5 Å². The smallest absolute Gasteiger partial charge is 0.224 e. The van der Waals surface area contributed by atoms with E-state index in [0.717, 1.165) is 22.2 Å². The Morgan fingerprint density at radius 3 is 2.92 bits per heavy atom. The number of hydrogen-bond donors (Lipinski definition) is 0. The Balaban J connectivity index is 1.37. The molecule has 3 heterocycles. The number of halogens is 1. The summed E-state index contributed by atoms with van der Waals surface area (Å²) in [6.45, 7) is 1.81. The number of benzene rings is 1. The van der Waals surface area contributed by atoms with Gasteiger partial charge in [0.15, 0.2) is 0 Å². The summed E-state index contributed by atoms with van der Waals surface area (Å²) >= 11 is 0.